The summed E-state index contributed by atoms with van der Waals surface area (Å²) in [7, 11) is 0. The molecule has 0 atom stereocenters. The summed E-state index contributed by atoms with van der Waals surface area (Å²) in [5.41, 5.74) is 2.13. The average Bonchev–Trinajstić information content (AvgIpc) is 3.00. The van der Waals surface area contributed by atoms with Crippen LogP contribution in [-0.2, 0) is 16.0 Å². The number of urea groups is 1. The predicted molar refractivity (Wildman–Crippen MR) is 110 cm³/mol. The van der Waals surface area contributed by atoms with Crippen molar-refractivity contribution in [1.29, 1.82) is 0 Å². The number of anilines is 1. The number of carbonyl (C=O) groups excluding carboxylic acids is 2. The molecular formula is C22H33N3O3. The highest BCUT2D eigenvalue weighted by Gasteiger charge is 2.28. The highest BCUT2D eigenvalue weighted by atomic mass is 16.5. The van der Waals surface area contributed by atoms with Gasteiger partial charge in [0.15, 0.2) is 0 Å². The van der Waals surface area contributed by atoms with Crippen LogP contribution in [0.2, 0.25) is 0 Å². The molecule has 0 unspecified atom stereocenters. The molecule has 0 radical (unpaired) electrons. The molecule has 1 aromatic carbocycles. The van der Waals surface area contributed by atoms with Crippen LogP contribution in [0.25, 0.3) is 0 Å². The van der Waals surface area contributed by atoms with Gasteiger partial charge in [0.2, 0.25) is 5.91 Å². The largest absolute Gasteiger partial charge is 0.381 e. The Morgan fingerprint density at radius 2 is 1.71 bits per heavy atom. The fraction of sp³-hybridized carbons (Fsp3) is 0.636. The van der Waals surface area contributed by atoms with E-state index in [1.807, 2.05) is 21.9 Å². The van der Waals surface area contributed by atoms with Crippen LogP contribution in [0, 0.1) is 5.92 Å². The van der Waals surface area contributed by atoms with Crippen molar-refractivity contribution in [3.63, 3.8) is 0 Å². The highest BCUT2D eigenvalue weighted by molar-refractivity contribution is 5.89. The van der Waals surface area contributed by atoms with E-state index in [2.05, 4.69) is 24.4 Å². The number of benzene rings is 1. The van der Waals surface area contributed by atoms with Gasteiger partial charge in [0.05, 0.1) is 0 Å². The summed E-state index contributed by atoms with van der Waals surface area (Å²) in [6.45, 7) is 6.14. The van der Waals surface area contributed by atoms with Crippen LogP contribution in [-0.4, -0.2) is 61.1 Å². The summed E-state index contributed by atoms with van der Waals surface area (Å²) >= 11 is 0. The van der Waals surface area contributed by atoms with Gasteiger partial charge in [-0.05, 0) is 49.8 Å². The fourth-order valence-electron chi connectivity index (χ4n) is 3.88. The van der Waals surface area contributed by atoms with E-state index in [1.165, 1.54) is 18.4 Å². The van der Waals surface area contributed by atoms with Crippen molar-refractivity contribution in [2.45, 2.75) is 45.4 Å². The first kappa shape index (κ1) is 20.6. The number of hydrogen-bond donors (Lipinski definition) is 1. The van der Waals surface area contributed by atoms with E-state index in [9.17, 15) is 9.59 Å². The van der Waals surface area contributed by atoms with Crippen LogP contribution in [0.1, 0.15) is 44.6 Å². The third-order valence-corrected chi connectivity index (χ3v) is 5.69. The lowest BCUT2D eigenvalue weighted by Crippen LogP contribution is -2.42. The minimum absolute atomic E-state index is 0.0818. The Labute approximate surface area is 168 Å². The first-order chi connectivity index (χ1) is 13.7. The molecule has 0 spiro atoms. The number of unbranched alkanes of at least 4 members (excludes halogenated alkanes) is 1. The van der Waals surface area contributed by atoms with Gasteiger partial charge in [-0.15, -0.1) is 0 Å². The molecule has 2 aliphatic heterocycles. The van der Waals surface area contributed by atoms with Gasteiger partial charge < -0.3 is 19.9 Å². The van der Waals surface area contributed by atoms with Gasteiger partial charge in [0.25, 0.3) is 0 Å². The molecule has 28 heavy (non-hydrogen) atoms. The summed E-state index contributed by atoms with van der Waals surface area (Å²) in [6, 6.07) is 8.04. The first-order valence-electron chi connectivity index (χ1n) is 10.7. The summed E-state index contributed by atoms with van der Waals surface area (Å²) in [4.78, 5) is 29.1. The van der Waals surface area contributed by atoms with Gasteiger partial charge in [-0.2, -0.15) is 0 Å². The zero-order valence-electron chi connectivity index (χ0n) is 17.0. The minimum atomic E-state index is -0.0818. The van der Waals surface area contributed by atoms with Gasteiger partial charge >= 0.3 is 6.03 Å². The van der Waals surface area contributed by atoms with E-state index in [0.29, 0.717) is 32.8 Å². The molecule has 3 amide bonds. The van der Waals surface area contributed by atoms with Gasteiger partial charge in [0.1, 0.15) is 0 Å². The second-order valence-corrected chi connectivity index (χ2v) is 7.78. The maximum atomic E-state index is 12.7. The molecule has 1 N–H and O–H groups in total. The van der Waals surface area contributed by atoms with Crippen LogP contribution in [0.4, 0.5) is 10.5 Å². The smallest absolute Gasteiger partial charge is 0.321 e. The average molecular weight is 388 g/mol. The molecule has 3 rings (SSSR count). The van der Waals surface area contributed by atoms with E-state index in [-0.39, 0.29) is 17.9 Å². The van der Waals surface area contributed by atoms with Gasteiger partial charge in [0, 0.05) is 51.0 Å². The zero-order valence-corrected chi connectivity index (χ0v) is 17.0. The molecule has 2 fully saturated rings. The summed E-state index contributed by atoms with van der Waals surface area (Å²) in [5, 5.41) is 3.00. The molecule has 2 aliphatic rings. The number of ether oxygens (including phenoxy) is 1. The van der Waals surface area contributed by atoms with Crippen molar-refractivity contribution in [2.24, 2.45) is 5.92 Å². The number of rotatable bonds is 5. The molecule has 154 valence electrons. The number of aryl methyl sites for hydroxylation is 1. The Morgan fingerprint density at radius 1 is 1.04 bits per heavy atom. The monoisotopic (exact) mass is 387 g/mol. The molecule has 0 saturated carbocycles. The number of carbonyl (C=O) groups is 2. The Kier molecular flexibility index (Phi) is 7.71. The van der Waals surface area contributed by atoms with Crippen molar-refractivity contribution < 1.29 is 14.3 Å². The predicted octanol–water partition coefficient (Wildman–Crippen LogP) is 3.52. The molecule has 0 aromatic heterocycles. The third kappa shape index (κ3) is 5.71. The Balaban J connectivity index is 1.49. The molecule has 0 bridgehead atoms. The van der Waals surface area contributed by atoms with Gasteiger partial charge in [-0.1, -0.05) is 25.5 Å². The number of nitrogens with zero attached hydrogens (tertiary/aromatic N) is 2. The van der Waals surface area contributed by atoms with Crippen LogP contribution in [0.3, 0.4) is 0 Å². The normalized spacial score (nSPS) is 18.6. The topological polar surface area (TPSA) is 61.9 Å². The van der Waals surface area contributed by atoms with E-state index in [4.69, 9.17) is 4.74 Å². The maximum Gasteiger partial charge on any atom is 0.321 e. The maximum absolute atomic E-state index is 12.7. The molecule has 6 heteroatoms. The summed E-state index contributed by atoms with van der Waals surface area (Å²) < 4.78 is 5.36. The second kappa shape index (κ2) is 10.5. The lowest BCUT2D eigenvalue weighted by atomic mass is 9.98. The Bertz CT molecular complexity index is 641. The zero-order chi connectivity index (χ0) is 19.8. The van der Waals surface area contributed by atoms with E-state index in [0.717, 1.165) is 37.9 Å². The summed E-state index contributed by atoms with van der Waals surface area (Å²) in [5.74, 6) is 0.313. The van der Waals surface area contributed by atoms with Crippen molar-refractivity contribution in [2.75, 3.05) is 44.7 Å². The van der Waals surface area contributed by atoms with Crippen molar-refractivity contribution in [3.8, 4) is 0 Å². The van der Waals surface area contributed by atoms with Crippen LogP contribution in [0.15, 0.2) is 24.3 Å². The highest BCUT2D eigenvalue weighted by Crippen LogP contribution is 2.19. The quantitative estimate of drug-likeness (QED) is 0.841. The van der Waals surface area contributed by atoms with Crippen LogP contribution < -0.4 is 5.32 Å². The molecule has 0 aliphatic carbocycles. The standard InChI is InChI=1S/C22H33N3O3/c1-2-3-5-18-6-8-20(9-7-18)23-22(27)25-13-4-12-24(14-15-25)21(26)19-10-16-28-17-11-19/h6-9,19H,2-5,10-17H2,1H3,(H,23,27). The van der Waals surface area contributed by atoms with Gasteiger partial charge in [-0.3, -0.25) is 4.79 Å². The lowest BCUT2D eigenvalue weighted by Gasteiger charge is -2.28. The number of hydrogen-bond acceptors (Lipinski definition) is 3. The van der Waals surface area contributed by atoms with E-state index < -0.39 is 0 Å². The van der Waals surface area contributed by atoms with E-state index >= 15 is 0 Å². The minimum Gasteiger partial charge on any atom is -0.381 e. The fourth-order valence-corrected chi connectivity index (χ4v) is 3.88. The van der Waals surface area contributed by atoms with E-state index in [1.54, 1.807) is 0 Å². The van der Waals surface area contributed by atoms with Crippen LogP contribution >= 0.6 is 0 Å². The number of nitrogens with one attached hydrogen (secondary N) is 1. The van der Waals surface area contributed by atoms with Crippen molar-refractivity contribution in [1.82, 2.24) is 9.80 Å². The van der Waals surface area contributed by atoms with Crippen LogP contribution in [0.5, 0.6) is 0 Å². The van der Waals surface area contributed by atoms with Crippen molar-refractivity contribution in [3.05, 3.63) is 29.8 Å². The Morgan fingerprint density at radius 3 is 2.43 bits per heavy atom. The summed E-state index contributed by atoms with van der Waals surface area (Å²) in [6.07, 6.45) is 5.89. The molecule has 6 nitrogen and oxygen atoms in total. The molecule has 1 aromatic rings. The number of amides is 3. The van der Waals surface area contributed by atoms with Gasteiger partial charge in [-0.25, -0.2) is 4.79 Å². The SMILES string of the molecule is CCCCc1ccc(NC(=O)N2CCCN(C(=O)C3CCOCC3)CC2)cc1. The molecule has 2 heterocycles. The molecular weight excluding hydrogens is 354 g/mol. The third-order valence-electron chi connectivity index (χ3n) is 5.69. The van der Waals surface area contributed by atoms with Crippen molar-refractivity contribution >= 4 is 17.6 Å². The lowest BCUT2D eigenvalue weighted by molar-refractivity contribution is -0.138. The molecule has 2 saturated heterocycles. The first-order valence-corrected chi connectivity index (χ1v) is 10.7. The second-order valence-electron chi connectivity index (χ2n) is 7.78. The Hall–Kier alpha value is -2.08.